The van der Waals surface area contributed by atoms with Crippen LogP contribution in [0.1, 0.15) is 24.9 Å². The molecule has 0 aromatic heterocycles. The van der Waals surface area contributed by atoms with Crippen LogP contribution in [0.3, 0.4) is 0 Å². The minimum Gasteiger partial charge on any atom is -0.480 e. The van der Waals surface area contributed by atoms with Crippen molar-refractivity contribution in [3.8, 4) is 5.75 Å². The first-order valence-corrected chi connectivity index (χ1v) is 6.75. The molecule has 1 aliphatic heterocycles. The molecule has 0 spiro atoms. The fraction of sp³-hybridized carbons (Fsp3) is 0.462. The highest BCUT2D eigenvalue weighted by Crippen LogP contribution is 2.30. The lowest BCUT2D eigenvalue weighted by Gasteiger charge is -2.18. The second-order valence-electron chi connectivity index (χ2n) is 4.63. The summed E-state index contributed by atoms with van der Waals surface area (Å²) >= 11 is 3.41. The zero-order valence-electron chi connectivity index (χ0n) is 10.5. The summed E-state index contributed by atoms with van der Waals surface area (Å²) in [7, 11) is 1.79. The van der Waals surface area contributed by atoms with E-state index in [0.717, 1.165) is 23.0 Å². The Bertz CT molecular complexity index is 462. The molecule has 2 unspecified atom stereocenters. The molecule has 0 saturated carbocycles. The number of hydrogen-bond acceptors (Lipinski definition) is 3. The maximum Gasteiger partial charge on any atom is 0.263 e. The lowest BCUT2D eigenvalue weighted by Crippen LogP contribution is -2.29. The van der Waals surface area contributed by atoms with Gasteiger partial charge in [0.1, 0.15) is 5.75 Å². The van der Waals surface area contributed by atoms with Crippen molar-refractivity contribution < 1.29 is 9.53 Å². The number of likely N-dealkylation sites (N-methyl/N-ethyl adjacent to an activating group) is 1. The first-order valence-electron chi connectivity index (χ1n) is 5.95. The molecule has 2 N–H and O–H groups in total. The van der Waals surface area contributed by atoms with Crippen LogP contribution in [0.2, 0.25) is 0 Å². The Balaban J connectivity index is 2.23. The van der Waals surface area contributed by atoms with Gasteiger partial charge in [0, 0.05) is 36.1 Å². The van der Waals surface area contributed by atoms with Crippen molar-refractivity contribution in [1.29, 1.82) is 0 Å². The molecule has 0 aliphatic carbocycles. The molecule has 5 heteroatoms. The van der Waals surface area contributed by atoms with E-state index in [0.29, 0.717) is 5.75 Å². The highest BCUT2D eigenvalue weighted by molar-refractivity contribution is 9.10. The second-order valence-corrected chi connectivity index (χ2v) is 5.54. The zero-order valence-corrected chi connectivity index (χ0v) is 12.1. The van der Waals surface area contributed by atoms with Gasteiger partial charge in [-0.1, -0.05) is 22.0 Å². The van der Waals surface area contributed by atoms with Gasteiger partial charge in [-0.15, -0.1) is 0 Å². The van der Waals surface area contributed by atoms with Crippen LogP contribution in [-0.4, -0.2) is 30.5 Å². The highest BCUT2D eigenvalue weighted by Gasteiger charge is 2.31. The second kappa shape index (κ2) is 5.28. The predicted molar refractivity (Wildman–Crippen MR) is 73.4 cm³/mol. The molecular weight excluding hydrogens is 296 g/mol. The fourth-order valence-corrected chi connectivity index (χ4v) is 2.38. The summed E-state index contributed by atoms with van der Waals surface area (Å²) in [5.41, 5.74) is 6.83. The lowest BCUT2D eigenvalue weighted by molar-refractivity contribution is -0.132. The Labute approximate surface area is 115 Å². The molecule has 2 atom stereocenters. The minimum atomic E-state index is -0.387. The van der Waals surface area contributed by atoms with Crippen LogP contribution < -0.4 is 10.5 Å². The van der Waals surface area contributed by atoms with E-state index in [1.807, 2.05) is 25.1 Å². The van der Waals surface area contributed by atoms with Gasteiger partial charge >= 0.3 is 0 Å². The largest absolute Gasteiger partial charge is 0.480 e. The number of rotatable bonds is 3. The molecule has 1 fully saturated rings. The summed E-state index contributed by atoms with van der Waals surface area (Å²) in [5, 5.41) is 0. The van der Waals surface area contributed by atoms with Crippen LogP contribution >= 0.6 is 15.9 Å². The molecule has 1 aromatic carbocycles. The molecule has 98 valence electrons. The van der Waals surface area contributed by atoms with Crippen LogP contribution in [0, 0.1) is 0 Å². The van der Waals surface area contributed by atoms with Gasteiger partial charge in [-0.05, 0) is 19.1 Å². The van der Waals surface area contributed by atoms with Gasteiger partial charge < -0.3 is 15.4 Å². The first-order chi connectivity index (χ1) is 8.49. The third-order valence-corrected chi connectivity index (χ3v) is 3.61. The summed E-state index contributed by atoms with van der Waals surface area (Å²) in [5.74, 6) is 0.721. The van der Waals surface area contributed by atoms with Crippen molar-refractivity contribution in [3.63, 3.8) is 0 Å². The SMILES string of the molecule is CC(N)c1ccc(Br)cc1OC1CCN(C)C1=O. The van der Waals surface area contributed by atoms with Crippen LogP contribution in [0.25, 0.3) is 0 Å². The number of hydrogen-bond donors (Lipinski definition) is 1. The van der Waals surface area contributed by atoms with Gasteiger partial charge in [-0.3, -0.25) is 4.79 Å². The van der Waals surface area contributed by atoms with Crippen LogP contribution in [0.15, 0.2) is 22.7 Å². The number of amides is 1. The lowest BCUT2D eigenvalue weighted by atomic mass is 10.1. The normalized spacial score (nSPS) is 21.2. The third kappa shape index (κ3) is 2.67. The molecule has 1 heterocycles. The van der Waals surface area contributed by atoms with E-state index in [-0.39, 0.29) is 18.1 Å². The summed E-state index contributed by atoms with van der Waals surface area (Å²) in [6.45, 7) is 2.64. The smallest absolute Gasteiger partial charge is 0.263 e. The summed E-state index contributed by atoms with van der Waals surface area (Å²) in [4.78, 5) is 13.5. The highest BCUT2D eigenvalue weighted by atomic mass is 79.9. The van der Waals surface area contributed by atoms with Crippen LogP contribution in [0.4, 0.5) is 0 Å². The Morgan fingerprint density at radius 2 is 2.28 bits per heavy atom. The van der Waals surface area contributed by atoms with E-state index in [2.05, 4.69) is 15.9 Å². The predicted octanol–water partition coefficient (Wildman–Crippen LogP) is 2.08. The number of nitrogens with zero attached hydrogens (tertiary/aromatic N) is 1. The average Bonchev–Trinajstić information content (AvgIpc) is 2.61. The number of carbonyl (C=O) groups excluding carboxylic acids is 1. The van der Waals surface area contributed by atoms with Gasteiger partial charge in [0.05, 0.1) is 0 Å². The summed E-state index contributed by atoms with van der Waals surface area (Å²) in [6.07, 6.45) is 0.335. The monoisotopic (exact) mass is 312 g/mol. The van der Waals surface area contributed by atoms with E-state index in [1.165, 1.54) is 0 Å². The third-order valence-electron chi connectivity index (χ3n) is 3.11. The quantitative estimate of drug-likeness (QED) is 0.929. The molecule has 1 aliphatic rings. The van der Waals surface area contributed by atoms with Crippen molar-refractivity contribution >= 4 is 21.8 Å². The molecule has 4 nitrogen and oxygen atoms in total. The van der Waals surface area contributed by atoms with E-state index in [4.69, 9.17) is 10.5 Å². The number of ether oxygens (including phenoxy) is 1. The van der Waals surface area contributed by atoms with E-state index >= 15 is 0 Å². The number of nitrogens with two attached hydrogens (primary N) is 1. The van der Waals surface area contributed by atoms with Crippen molar-refractivity contribution in [3.05, 3.63) is 28.2 Å². The van der Waals surface area contributed by atoms with E-state index < -0.39 is 0 Å². The maximum absolute atomic E-state index is 11.8. The van der Waals surface area contributed by atoms with Crippen molar-refractivity contribution in [2.75, 3.05) is 13.6 Å². The Morgan fingerprint density at radius 1 is 1.56 bits per heavy atom. The Morgan fingerprint density at radius 3 is 2.83 bits per heavy atom. The van der Waals surface area contributed by atoms with Crippen molar-refractivity contribution in [2.45, 2.75) is 25.5 Å². The zero-order chi connectivity index (χ0) is 13.3. The fourth-order valence-electron chi connectivity index (χ4n) is 2.04. The minimum absolute atomic E-state index is 0.0330. The molecule has 0 bridgehead atoms. The van der Waals surface area contributed by atoms with Crippen LogP contribution in [-0.2, 0) is 4.79 Å². The van der Waals surface area contributed by atoms with Gasteiger partial charge in [0.15, 0.2) is 6.10 Å². The van der Waals surface area contributed by atoms with Gasteiger partial charge in [-0.2, -0.15) is 0 Å². The average molecular weight is 313 g/mol. The summed E-state index contributed by atoms with van der Waals surface area (Å²) < 4.78 is 6.75. The number of halogens is 1. The molecule has 18 heavy (non-hydrogen) atoms. The molecule has 0 radical (unpaired) electrons. The maximum atomic E-state index is 11.8. The number of benzene rings is 1. The summed E-state index contributed by atoms with van der Waals surface area (Å²) in [6, 6.07) is 5.59. The first kappa shape index (κ1) is 13.4. The number of likely N-dealkylation sites (tertiary alicyclic amines) is 1. The Hall–Kier alpha value is -1.07. The van der Waals surface area contributed by atoms with E-state index in [1.54, 1.807) is 11.9 Å². The van der Waals surface area contributed by atoms with E-state index in [9.17, 15) is 4.79 Å². The topological polar surface area (TPSA) is 55.6 Å². The number of carbonyl (C=O) groups is 1. The van der Waals surface area contributed by atoms with Crippen LogP contribution in [0.5, 0.6) is 5.75 Å². The molecule has 1 amide bonds. The molecule has 1 saturated heterocycles. The molecular formula is C13H17BrN2O2. The molecule has 2 rings (SSSR count). The van der Waals surface area contributed by atoms with Crippen molar-refractivity contribution in [2.24, 2.45) is 5.73 Å². The van der Waals surface area contributed by atoms with Crippen molar-refractivity contribution in [1.82, 2.24) is 4.90 Å². The standard InChI is InChI=1S/C13H17BrN2O2/c1-8(15)10-4-3-9(14)7-12(10)18-11-5-6-16(2)13(11)17/h3-4,7-8,11H,5-6,15H2,1-2H3. The Kier molecular flexibility index (Phi) is 3.92. The van der Waals surface area contributed by atoms with Gasteiger partial charge in [0.25, 0.3) is 5.91 Å². The van der Waals surface area contributed by atoms with Gasteiger partial charge in [-0.25, -0.2) is 0 Å². The van der Waals surface area contributed by atoms with Gasteiger partial charge in [0.2, 0.25) is 0 Å². The molecule has 1 aromatic rings.